The fourth-order valence-corrected chi connectivity index (χ4v) is 0.606. The summed E-state index contributed by atoms with van der Waals surface area (Å²) in [5.74, 6) is -0.576. The average molecular weight is 229 g/mol. The molecule has 0 saturated heterocycles. The number of amides is 1. The van der Waals surface area contributed by atoms with Gasteiger partial charge in [-0.25, -0.2) is 0 Å². The molecule has 7 heteroatoms. The van der Waals surface area contributed by atoms with Crippen molar-refractivity contribution in [3.63, 3.8) is 0 Å². The van der Waals surface area contributed by atoms with E-state index in [2.05, 4.69) is 15.0 Å². The van der Waals surface area contributed by atoms with Gasteiger partial charge in [-0.1, -0.05) is 40.0 Å². The number of carbonyl (C=O) groups excluding carboxylic acids is 1. The highest BCUT2D eigenvalue weighted by atomic mass is 35.6. The Morgan fingerprint density at radius 3 is 2.67 bits per heavy atom. The monoisotopic (exact) mass is 228 g/mol. The maximum Gasteiger partial charge on any atom is 0.277 e. The molecule has 0 aliphatic carbocycles. The molecule has 1 aromatic heterocycles. The normalized spacial score (nSPS) is 11.2. The highest BCUT2D eigenvalue weighted by molar-refractivity contribution is 6.76. The molecule has 0 unspecified atom stereocenters. The van der Waals surface area contributed by atoms with Gasteiger partial charge in [-0.3, -0.25) is 4.79 Å². The molecular formula is C5H3Cl3N2O2. The van der Waals surface area contributed by atoms with E-state index in [1.54, 1.807) is 0 Å². The predicted octanol–water partition coefficient (Wildman–Crippen LogP) is 1.98. The SMILES string of the molecule is O=C(Nc1ccon1)C(Cl)(Cl)Cl. The van der Waals surface area contributed by atoms with Crippen LogP contribution in [0.1, 0.15) is 0 Å². The summed E-state index contributed by atoms with van der Waals surface area (Å²) in [6, 6.07) is 1.42. The lowest BCUT2D eigenvalue weighted by molar-refractivity contribution is -0.115. The van der Waals surface area contributed by atoms with Gasteiger partial charge in [0.25, 0.3) is 9.70 Å². The van der Waals surface area contributed by atoms with Gasteiger partial charge in [0.1, 0.15) is 6.26 Å². The van der Waals surface area contributed by atoms with Gasteiger partial charge in [-0.15, -0.1) is 0 Å². The maximum absolute atomic E-state index is 10.9. The Bertz CT molecular complexity index is 267. The van der Waals surface area contributed by atoms with Crippen molar-refractivity contribution < 1.29 is 9.32 Å². The number of rotatable bonds is 1. The third kappa shape index (κ3) is 2.55. The van der Waals surface area contributed by atoms with Gasteiger partial charge in [0, 0.05) is 6.07 Å². The molecule has 0 spiro atoms. The van der Waals surface area contributed by atoms with Crippen LogP contribution in [0.2, 0.25) is 0 Å². The molecule has 1 heterocycles. The molecule has 0 fully saturated rings. The number of aromatic nitrogens is 1. The van der Waals surface area contributed by atoms with Crippen molar-refractivity contribution in [2.24, 2.45) is 0 Å². The zero-order valence-electron chi connectivity index (χ0n) is 5.55. The minimum Gasteiger partial charge on any atom is -0.363 e. The Hall–Kier alpha value is -0.450. The van der Waals surface area contributed by atoms with Crippen molar-refractivity contribution in [3.8, 4) is 0 Å². The van der Waals surface area contributed by atoms with E-state index in [4.69, 9.17) is 34.8 Å². The molecule has 0 aliphatic heterocycles. The Morgan fingerprint density at radius 2 is 2.25 bits per heavy atom. The summed E-state index contributed by atoms with van der Waals surface area (Å²) in [7, 11) is 0. The Morgan fingerprint density at radius 1 is 1.58 bits per heavy atom. The van der Waals surface area contributed by atoms with Crippen molar-refractivity contribution in [2.45, 2.75) is 3.79 Å². The molecule has 0 bridgehead atoms. The van der Waals surface area contributed by atoms with E-state index < -0.39 is 9.70 Å². The Labute approximate surface area is 82.7 Å². The highest BCUT2D eigenvalue weighted by Gasteiger charge is 2.30. The molecule has 0 atom stereocenters. The lowest BCUT2D eigenvalue weighted by Crippen LogP contribution is -2.26. The molecule has 1 amide bonds. The first-order valence-electron chi connectivity index (χ1n) is 2.78. The second-order valence-electron chi connectivity index (χ2n) is 1.84. The van der Waals surface area contributed by atoms with Gasteiger partial charge in [0.2, 0.25) is 0 Å². The topological polar surface area (TPSA) is 55.1 Å². The van der Waals surface area contributed by atoms with Crippen LogP contribution in [-0.4, -0.2) is 14.9 Å². The van der Waals surface area contributed by atoms with Crippen LogP contribution in [0.4, 0.5) is 5.82 Å². The summed E-state index contributed by atoms with van der Waals surface area (Å²) in [5.41, 5.74) is 0. The fourth-order valence-electron chi connectivity index (χ4n) is 0.464. The minimum absolute atomic E-state index is 0.200. The predicted molar refractivity (Wildman–Crippen MR) is 45.4 cm³/mol. The number of carbonyl (C=O) groups is 1. The molecule has 1 rings (SSSR count). The lowest BCUT2D eigenvalue weighted by atomic mass is 10.6. The molecule has 1 aromatic rings. The van der Waals surface area contributed by atoms with Crippen molar-refractivity contribution >= 4 is 46.5 Å². The molecule has 0 saturated carbocycles. The number of nitrogens with one attached hydrogen (secondary N) is 1. The molecular weight excluding hydrogens is 226 g/mol. The van der Waals surface area contributed by atoms with Crippen LogP contribution < -0.4 is 5.32 Å². The van der Waals surface area contributed by atoms with Crippen molar-refractivity contribution in [1.29, 1.82) is 0 Å². The van der Waals surface area contributed by atoms with Crippen LogP contribution in [0.15, 0.2) is 16.9 Å². The third-order valence-electron chi connectivity index (χ3n) is 0.937. The summed E-state index contributed by atoms with van der Waals surface area (Å²) >= 11 is 15.8. The van der Waals surface area contributed by atoms with Gasteiger partial charge in [-0.05, 0) is 0 Å². The third-order valence-corrected chi connectivity index (χ3v) is 1.45. The molecule has 0 radical (unpaired) electrons. The van der Waals surface area contributed by atoms with E-state index in [1.165, 1.54) is 12.3 Å². The van der Waals surface area contributed by atoms with Crippen LogP contribution in [0.25, 0.3) is 0 Å². The summed E-state index contributed by atoms with van der Waals surface area (Å²) in [5, 5.41) is 5.61. The number of hydrogen-bond acceptors (Lipinski definition) is 3. The maximum atomic E-state index is 10.9. The van der Waals surface area contributed by atoms with E-state index in [0.717, 1.165) is 0 Å². The molecule has 0 aliphatic rings. The smallest absolute Gasteiger partial charge is 0.277 e. The zero-order valence-corrected chi connectivity index (χ0v) is 7.82. The fraction of sp³-hybridized carbons (Fsp3) is 0.200. The summed E-state index contributed by atoms with van der Waals surface area (Å²) in [4.78, 5) is 10.9. The van der Waals surface area contributed by atoms with Crippen molar-refractivity contribution in [1.82, 2.24) is 5.16 Å². The van der Waals surface area contributed by atoms with Crippen LogP contribution >= 0.6 is 34.8 Å². The van der Waals surface area contributed by atoms with Crippen molar-refractivity contribution in [3.05, 3.63) is 12.3 Å². The van der Waals surface area contributed by atoms with Crippen LogP contribution in [0, 0.1) is 0 Å². The first kappa shape index (κ1) is 9.64. The number of nitrogens with zero attached hydrogens (tertiary/aromatic N) is 1. The number of alkyl halides is 3. The number of anilines is 1. The molecule has 4 nitrogen and oxygen atoms in total. The van der Waals surface area contributed by atoms with E-state index in [-0.39, 0.29) is 5.82 Å². The largest absolute Gasteiger partial charge is 0.363 e. The second-order valence-corrected chi connectivity index (χ2v) is 4.12. The highest BCUT2D eigenvalue weighted by Crippen LogP contribution is 2.27. The average Bonchev–Trinajstić information content (AvgIpc) is 2.37. The van der Waals surface area contributed by atoms with Gasteiger partial charge >= 0.3 is 0 Å². The van der Waals surface area contributed by atoms with Crippen molar-refractivity contribution in [2.75, 3.05) is 5.32 Å². The quantitative estimate of drug-likeness (QED) is 0.749. The second kappa shape index (κ2) is 3.51. The molecule has 0 aromatic carbocycles. The summed E-state index contributed by atoms with van der Waals surface area (Å²) in [6.07, 6.45) is 1.29. The van der Waals surface area contributed by atoms with E-state index in [1.807, 2.05) is 0 Å². The van der Waals surface area contributed by atoms with Gasteiger partial charge in [0.05, 0.1) is 0 Å². The minimum atomic E-state index is -1.99. The standard InChI is InChI=1S/C5H3Cl3N2O2/c6-5(7,8)4(11)9-3-1-2-12-10-3/h1-2H,(H,9,10,11). The zero-order chi connectivity index (χ0) is 9.19. The van der Waals surface area contributed by atoms with E-state index in [0.29, 0.717) is 0 Å². The number of halogens is 3. The van der Waals surface area contributed by atoms with Crippen LogP contribution in [-0.2, 0) is 4.79 Å². The van der Waals surface area contributed by atoms with Gasteiger partial charge in [0.15, 0.2) is 5.82 Å². The first-order valence-corrected chi connectivity index (χ1v) is 3.92. The van der Waals surface area contributed by atoms with Crippen LogP contribution in [0.5, 0.6) is 0 Å². The molecule has 66 valence electrons. The summed E-state index contributed by atoms with van der Waals surface area (Å²) < 4.78 is 2.45. The molecule has 12 heavy (non-hydrogen) atoms. The first-order chi connectivity index (χ1) is 5.50. The Kier molecular flexibility index (Phi) is 2.82. The summed E-state index contributed by atoms with van der Waals surface area (Å²) in [6.45, 7) is 0. The Balaban J connectivity index is 2.60. The number of hydrogen-bond donors (Lipinski definition) is 1. The lowest BCUT2D eigenvalue weighted by Gasteiger charge is -2.08. The van der Waals surface area contributed by atoms with Crippen LogP contribution in [0.3, 0.4) is 0 Å². The molecule has 1 N–H and O–H groups in total. The van der Waals surface area contributed by atoms with Gasteiger partial charge < -0.3 is 9.84 Å². The van der Waals surface area contributed by atoms with Gasteiger partial charge in [-0.2, -0.15) is 0 Å². The van der Waals surface area contributed by atoms with E-state index in [9.17, 15) is 4.79 Å². The van der Waals surface area contributed by atoms with E-state index >= 15 is 0 Å².